The summed E-state index contributed by atoms with van der Waals surface area (Å²) in [6.07, 6.45) is 0. The second-order valence-corrected chi connectivity index (χ2v) is 8.75. The van der Waals surface area contributed by atoms with Gasteiger partial charge in [0.1, 0.15) is 0 Å². The molecule has 1 amide bonds. The average Bonchev–Trinajstić information content (AvgIpc) is 2.66. The van der Waals surface area contributed by atoms with Gasteiger partial charge in [-0.25, -0.2) is 8.42 Å². The Kier molecular flexibility index (Phi) is 5.94. The van der Waals surface area contributed by atoms with Crippen LogP contribution in [0.15, 0.2) is 53.4 Å². The average molecular weight is 388 g/mol. The largest absolute Gasteiger partial charge is 0.324 e. The van der Waals surface area contributed by atoms with Crippen LogP contribution in [0.25, 0.3) is 0 Å². The van der Waals surface area contributed by atoms with Gasteiger partial charge < -0.3 is 5.32 Å². The molecule has 1 heterocycles. The fourth-order valence-electron chi connectivity index (χ4n) is 3.26. The number of amides is 1. The third kappa shape index (κ3) is 4.55. The Morgan fingerprint density at radius 3 is 2.11 bits per heavy atom. The molecule has 2 aromatic carbocycles. The smallest absolute Gasteiger partial charge is 0.243 e. The van der Waals surface area contributed by atoms with Gasteiger partial charge in [0, 0.05) is 31.9 Å². The van der Waals surface area contributed by atoms with Crippen molar-refractivity contribution >= 4 is 21.6 Å². The molecule has 0 aromatic heterocycles. The molecule has 1 fully saturated rings. The van der Waals surface area contributed by atoms with Crippen LogP contribution in [0.1, 0.15) is 11.1 Å². The van der Waals surface area contributed by atoms with Gasteiger partial charge in [-0.3, -0.25) is 9.69 Å². The Morgan fingerprint density at radius 1 is 0.926 bits per heavy atom. The molecule has 1 N–H and O–H groups in total. The number of carbonyl (C=O) groups excluding carboxylic acids is 1. The van der Waals surface area contributed by atoms with Crippen LogP contribution in [0.4, 0.5) is 5.69 Å². The van der Waals surface area contributed by atoms with Crippen molar-refractivity contribution in [3.63, 3.8) is 0 Å². The molecule has 144 valence electrons. The minimum atomic E-state index is -3.47. The molecule has 0 radical (unpaired) electrons. The first kappa shape index (κ1) is 19.5. The Bertz CT molecular complexity index is 885. The SMILES string of the molecule is Cc1cccc(C)c1NC(=O)CN1CCN(S(=O)(=O)c2ccccc2)CC1. The fraction of sp³-hybridized carbons (Fsp3) is 0.350. The highest BCUT2D eigenvalue weighted by Crippen LogP contribution is 2.20. The van der Waals surface area contributed by atoms with Crippen LogP contribution in [0.3, 0.4) is 0 Å². The highest BCUT2D eigenvalue weighted by molar-refractivity contribution is 7.89. The van der Waals surface area contributed by atoms with E-state index in [0.717, 1.165) is 16.8 Å². The van der Waals surface area contributed by atoms with E-state index >= 15 is 0 Å². The number of rotatable bonds is 5. The maximum Gasteiger partial charge on any atom is 0.243 e. The molecule has 3 rings (SSSR count). The maximum atomic E-state index is 12.7. The van der Waals surface area contributed by atoms with Crippen LogP contribution < -0.4 is 5.32 Å². The predicted molar refractivity (Wildman–Crippen MR) is 106 cm³/mol. The van der Waals surface area contributed by atoms with E-state index in [4.69, 9.17) is 0 Å². The summed E-state index contributed by atoms with van der Waals surface area (Å²) in [6.45, 7) is 6.03. The van der Waals surface area contributed by atoms with Crippen LogP contribution in [0.5, 0.6) is 0 Å². The summed E-state index contributed by atoms with van der Waals surface area (Å²) in [7, 11) is -3.47. The molecule has 0 atom stereocenters. The van der Waals surface area contributed by atoms with Crippen LogP contribution >= 0.6 is 0 Å². The van der Waals surface area contributed by atoms with E-state index < -0.39 is 10.0 Å². The van der Waals surface area contributed by atoms with Crippen molar-refractivity contribution in [3.05, 3.63) is 59.7 Å². The van der Waals surface area contributed by atoms with Crippen LogP contribution in [0, 0.1) is 13.8 Å². The second kappa shape index (κ2) is 8.21. The summed E-state index contributed by atoms with van der Waals surface area (Å²) in [5.41, 5.74) is 2.91. The number of hydrogen-bond donors (Lipinski definition) is 1. The molecule has 1 aliphatic heterocycles. The molecule has 0 spiro atoms. The molecular weight excluding hydrogens is 362 g/mol. The van der Waals surface area contributed by atoms with Gasteiger partial charge in [-0.05, 0) is 37.1 Å². The number of piperazine rings is 1. The first-order valence-corrected chi connectivity index (χ1v) is 10.5. The number of aryl methyl sites for hydroxylation is 2. The number of nitrogens with one attached hydrogen (secondary N) is 1. The molecule has 27 heavy (non-hydrogen) atoms. The zero-order chi connectivity index (χ0) is 19.4. The third-order valence-corrected chi connectivity index (χ3v) is 6.74. The van der Waals surface area contributed by atoms with Gasteiger partial charge in [0.25, 0.3) is 0 Å². The van der Waals surface area contributed by atoms with Crippen molar-refractivity contribution in [1.29, 1.82) is 0 Å². The van der Waals surface area contributed by atoms with Gasteiger partial charge in [0.15, 0.2) is 0 Å². The first-order valence-electron chi connectivity index (χ1n) is 9.01. The van der Waals surface area contributed by atoms with Crippen LogP contribution in [0.2, 0.25) is 0 Å². The van der Waals surface area contributed by atoms with Crippen molar-refractivity contribution in [2.45, 2.75) is 18.7 Å². The van der Waals surface area contributed by atoms with Gasteiger partial charge in [0.05, 0.1) is 11.4 Å². The van der Waals surface area contributed by atoms with Gasteiger partial charge in [0.2, 0.25) is 15.9 Å². The lowest BCUT2D eigenvalue weighted by molar-refractivity contribution is -0.117. The monoisotopic (exact) mass is 387 g/mol. The van der Waals surface area contributed by atoms with Gasteiger partial charge >= 0.3 is 0 Å². The number of anilines is 1. The van der Waals surface area contributed by atoms with Gasteiger partial charge in [-0.2, -0.15) is 4.31 Å². The number of carbonyl (C=O) groups is 1. The Morgan fingerprint density at radius 2 is 1.52 bits per heavy atom. The predicted octanol–water partition coefficient (Wildman–Crippen LogP) is 2.25. The molecule has 1 saturated heterocycles. The van der Waals surface area contributed by atoms with E-state index in [1.807, 2.05) is 36.9 Å². The molecule has 1 aliphatic rings. The Hall–Kier alpha value is -2.22. The molecule has 0 aliphatic carbocycles. The maximum absolute atomic E-state index is 12.7. The molecule has 7 heteroatoms. The minimum Gasteiger partial charge on any atom is -0.324 e. The van der Waals surface area contributed by atoms with E-state index in [1.54, 1.807) is 30.3 Å². The highest BCUT2D eigenvalue weighted by Gasteiger charge is 2.28. The first-order chi connectivity index (χ1) is 12.9. The molecular formula is C20H25N3O3S. The van der Waals surface area contributed by atoms with E-state index in [2.05, 4.69) is 5.32 Å². The highest BCUT2D eigenvalue weighted by atomic mass is 32.2. The van der Waals surface area contributed by atoms with Crippen LogP contribution in [-0.4, -0.2) is 56.3 Å². The summed E-state index contributed by atoms with van der Waals surface area (Å²) in [4.78, 5) is 14.7. The standard InChI is InChI=1S/C20H25N3O3S/c1-16-7-6-8-17(2)20(16)21-19(24)15-22-11-13-23(14-12-22)27(25,26)18-9-4-3-5-10-18/h3-10H,11-15H2,1-2H3,(H,21,24). The third-order valence-electron chi connectivity index (χ3n) is 4.82. The molecule has 0 bridgehead atoms. The van der Waals surface area contributed by atoms with Crippen molar-refractivity contribution < 1.29 is 13.2 Å². The summed E-state index contributed by atoms with van der Waals surface area (Å²) < 4.78 is 26.8. The van der Waals surface area contributed by atoms with E-state index in [1.165, 1.54) is 4.31 Å². The molecule has 0 saturated carbocycles. The lowest BCUT2D eigenvalue weighted by Gasteiger charge is -2.33. The summed E-state index contributed by atoms with van der Waals surface area (Å²) >= 11 is 0. The van der Waals surface area contributed by atoms with E-state index in [9.17, 15) is 13.2 Å². The molecule has 0 unspecified atom stereocenters. The number of nitrogens with zero attached hydrogens (tertiary/aromatic N) is 2. The van der Waals surface area contributed by atoms with Crippen molar-refractivity contribution in [3.8, 4) is 0 Å². The zero-order valence-electron chi connectivity index (χ0n) is 15.7. The van der Waals surface area contributed by atoms with E-state index in [0.29, 0.717) is 31.1 Å². The summed E-state index contributed by atoms with van der Waals surface area (Å²) in [5, 5.41) is 2.98. The number of benzene rings is 2. The van der Waals surface area contributed by atoms with Crippen molar-refractivity contribution in [2.75, 3.05) is 38.0 Å². The normalized spacial score (nSPS) is 16.2. The van der Waals surface area contributed by atoms with Gasteiger partial charge in [-0.1, -0.05) is 36.4 Å². The Labute approximate surface area is 160 Å². The lowest BCUT2D eigenvalue weighted by Crippen LogP contribution is -2.50. The molecule has 6 nitrogen and oxygen atoms in total. The van der Waals surface area contributed by atoms with Crippen molar-refractivity contribution in [2.24, 2.45) is 0 Å². The van der Waals surface area contributed by atoms with Crippen LogP contribution in [-0.2, 0) is 14.8 Å². The minimum absolute atomic E-state index is 0.0771. The van der Waals surface area contributed by atoms with Crippen molar-refractivity contribution in [1.82, 2.24) is 9.21 Å². The van der Waals surface area contributed by atoms with Gasteiger partial charge in [-0.15, -0.1) is 0 Å². The fourth-order valence-corrected chi connectivity index (χ4v) is 4.71. The summed E-state index contributed by atoms with van der Waals surface area (Å²) in [5.74, 6) is -0.0771. The zero-order valence-corrected chi connectivity index (χ0v) is 16.5. The van der Waals surface area contributed by atoms with E-state index in [-0.39, 0.29) is 12.5 Å². The quantitative estimate of drug-likeness (QED) is 0.854. The Balaban J connectivity index is 1.56. The number of sulfonamides is 1. The number of para-hydroxylation sites is 1. The topological polar surface area (TPSA) is 69.7 Å². The number of hydrogen-bond acceptors (Lipinski definition) is 4. The molecule has 2 aromatic rings. The second-order valence-electron chi connectivity index (χ2n) is 6.81. The summed E-state index contributed by atoms with van der Waals surface area (Å²) in [6, 6.07) is 14.4. The lowest BCUT2D eigenvalue weighted by atomic mass is 10.1.